The second-order valence-corrected chi connectivity index (χ2v) is 9.83. The summed E-state index contributed by atoms with van der Waals surface area (Å²) in [7, 11) is 0. The van der Waals surface area contributed by atoms with Gasteiger partial charge in [-0.3, -0.25) is 0 Å². The largest absolute Gasteiger partial charge is 0.393 e. The van der Waals surface area contributed by atoms with E-state index in [4.69, 9.17) is 0 Å². The van der Waals surface area contributed by atoms with Gasteiger partial charge in [-0.25, -0.2) is 0 Å². The topological polar surface area (TPSA) is 40.5 Å². The zero-order valence-corrected chi connectivity index (χ0v) is 14.4. The van der Waals surface area contributed by atoms with Crippen LogP contribution in [-0.2, 0) is 0 Å². The molecule has 0 heterocycles. The monoisotopic (exact) mass is 304 g/mol. The summed E-state index contributed by atoms with van der Waals surface area (Å²) in [5.74, 6) is 1.28. The first kappa shape index (κ1) is 15.2. The number of aliphatic hydroxyl groups excluding tert-OH is 2. The molecule has 0 amide bonds. The van der Waals surface area contributed by atoms with E-state index < -0.39 is 0 Å². The van der Waals surface area contributed by atoms with E-state index in [0.717, 1.165) is 24.8 Å². The Kier molecular flexibility index (Phi) is 3.03. The molecule has 2 bridgehead atoms. The molecule has 4 fully saturated rings. The van der Waals surface area contributed by atoms with E-state index in [0.29, 0.717) is 17.3 Å². The molecule has 4 saturated carbocycles. The van der Waals surface area contributed by atoms with E-state index >= 15 is 0 Å². The maximum atomic E-state index is 11.0. The first-order valence-corrected chi connectivity index (χ1v) is 9.27. The lowest BCUT2D eigenvalue weighted by atomic mass is 9.40. The van der Waals surface area contributed by atoms with Crippen molar-refractivity contribution >= 4 is 0 Å². The van der Waals surface area contributed by atoms with Gasteiger partial charge < -0.3 is 10.2 Å². The molecule has 7 atom stereocenters. The van der Waals surface area contributed by atoms with E-state index in [2.05, 4.69) is 27.4 Å². The van der Waals surface area contributed by atoms with Crippen LogP contribution in [-0.4, -0.2) is 22.4 Å². The molecule has 2 N–H and O–H groups in total. The lowest BCUT2D eigenvalue weighted by Crippen LogP contribution is -2.61. The van der Waals surface area contributed by atoms with Crippen molar-refractivity contribution in [3.05, 3.63) is 12.2 Å². The van der Waals surface area contributed by atoms with Crippen LogP contribution in [0.3, 0.4) is 0 Å². The summed E-state index contributed by atoms with van der Waals surface area (Å²) in [6.45, 7) is 11.5. The van der Waals surface area contributed by atoms with Crippen LogP contribution in [0.2, 0.25) is 0 Å². The molecule has 4 aliphatic carbocycles. The molecule has 124 valence electrons. The maximum Gasteiger partial charge on any atom is 0.0810 e. The van der Waals surface area contributed by atoms with Crippen molar-refractivity contribution in [2.24, 2.45) is 34.0 Å². The average Bonchev–Trinajstić information content (AvgIpc) is 2.59. The Bertz CT molecular complexity index is 510. The molecular formula is C20H32O2. The smallest absolute Gasteiger partial charge is 0.0810 e. The van der Waals surface area contributed by atoms with Crippen LogP contribution in [0.4, 0.5) is 0 Å². The Labute approximate surface area is 135 Å². The number of hydrogen-bond acceptors (Lipinski definition) is 2. The Hall–Kier alpha value is -0.340. The third-order valence-electron chi connectivity index (χ3n) is 8.46. The fourth-order valence-corrected chi connectivity index (χ4v) is 7.80. The zero-order chi connectivity index (χ0) is 15.9. The van der Waals surface area contributed by atoms with Gasteiger partial charge >= 0.3 is 0 Å². The molecule has 0 aromatic carbocycles. The molecular weight excluding hydrogens is 272 g/mol. The second kappa shape index (κ2) is 4.39. The quantitative estimate of drug-likeness (QED) is 0.666. The molecule has 4 aliphatic rings. The van der Waals surface area contributed by atoms with E-state index in [1.54, 1.807) is 0 Å². The lowest BCUT2D eigenvalue weighted by Gasteiger charge is -2.65. The van der Waals surface area contributed by atoms with Crippen molar-refractivity contribution < 1.29 is 10.2 Å². The summed E-state index contributed by atoms with van der Waals surface area (Å²) < 4.78 is 0. The summed E-state index contributed by atoms with van der Waals surface area (Å²) in [5, 5.41) is 22.0. The summed E-state index contributed by atoms with van der Waals surface area (Å²) in [4.78, 5) is 0. The van der Waals surface area contributed by atoms with Gasteiger partial charge in [0.15, 0.2) is 0 Å². The highest BCUT2D eigenvalue weighted by Gasteiger charge is 2.68. The van der Waals surface area contributed by atoms with Crippen LogP contribution in [0, 0.1) is 34.0 Å². The summed E-state index contributed by atoms with van der Waals surface area (Å²) in [6, 6.07) is 0. The van der Waals surface area contributed by atoms with Crippen molar-refractivity contribution in [3.63, 3.8) is 0 Å². The molecule has 0 radical (unpaired) electrons. The highest BCUT2D eigenvalue weighted by Crippen LogP contribution is 2.71. The molecule has 22 heavy (non-hydrogen) atoms. The normalized spacial score (nSPS) is 56.4. The minimum absolute atomic E-state index is 0.0852. The fraction of sp³-hybridized carbons (Fsp3) is 0.900. The Morgan fingerprint density at radius 3 is 2.55 bits per heavy atom. The molecule has 4 rings (SSSR count). The minimum atomic E-state index is -0.387. The average molecular weight is 304 g/mol. The molecule has 0 unspecified atom stereocenters. The van der Waals surface area contributed by atoms with Gasteiger partial charge in [-0.1, -0.05) is 33.8 Å². The highest BCUT2D eigenvalue weighted by molar-refractivity contribution is 5.28. The van der Waals surface area contributed by atoms with E-state index in [-0.39, 0.29) is 29.0 Å². The van der Waals surface area contributed by atoms with Gasteiger partial charge in [0.1, 0.15) is 0 Å². The second-order valence-electron chi connectivity index (χ2n) is 9.83. The van der Waals surface area contributed by atoms with Crippen molar-refractivity contribution in [3.8, 4) is 0 Å². The van der Waals surface area contributed by atoms with E-state index in [9.17, 15) is 10.2 Å². The van der Waals surface area contributed by atoms with Gasteiger partial charge in [0.05, 0.1) is 12.2 Å². The van der Waals surface area contributed by atoms with Gasteiger partial charge in [-0.2, -0.15) is 0 Å². The third kappa shape index (κ3) is 1.64. The summed E-state index contributed by atoms with van der Waals surface area (Å²) in [5.41, 5.74) is 1.47. The number of rotatable bonds is 0. The first-order chi connectivity index (χ1) is 10.2. The Morgan fingerprint density at radius 2 is 1.82 bits per heavy atom. The molecule has 2 nitrogen and oxygen atoms in total. The molecule has 0 aromatic heterocycles. The van der Waals surface area contributed by atoms with E-state index in [1.165, 1.54) is 25.7 Å². The first-order valence-electron chi connectivity index (χ1n) is 9.27. The van der Waals surface area contributed by atoms with Gasteiger partial charge in [-0.05, 0) is 72.7 Å². The van der Waals surface area contributed by atoms with Crippen molar-refractivity contribution in [2.75, 3.05) is 0 Å². The zero-order valence-electron chi connectivity index (χ0n) is 14.4. The van der Waals surface area contributed by atoms with Crippen LogP contribution in [0.1, 0.15) is 65.7 Å². The Balaban J connectivity index is 1.82. The van der Waals surface area contributed by atoms with Crippen molar-refractivity contribution in [1.82, 2.24) is 0 Å². The number of aliphatic hydroxyl groups is 2. The van der Waals surface area contributed by atoms with Crippen LogP contribution >= 0.6 is 0 Å². The predicted octanol–water partition coefficient (Wildman–Crippen LogP) is 3.92. The van der Waals surface area contributed by atoms with Gasteiger partial charge in [0.25, 0.3) is 0 Å². The SMILES string of the molecule is C=C1[C@@H]2C[C@H](O)[C@H]3[C@]4(C)CCCC(C)(C)[C@H]4CC[C@]3(C2)[C@H]1O. The number of fused-ring (bicyclic) bond motifs is 3. The van der Waals surface area contributed by atoms with Crippen LogP contribution in [0.25, 0.3) is 0 Å². The number of hydrogen-bond donors (Lipinski definition) is 2. The van der Waals surface area contributed by atoms with Crippen LogP contribution < -0.4 is 0 Å². The van der Waals surface area contributed by atoms with E-state index in [1.807, 2.05) is 0 Å². The van der Waals surface area contributed by atoms with Crippen LogP contribution in [0.5, 0.6) is 0 Å². The van der Waals surface area contributed by atoms with Gasteiger partial charge in [0, 0.05) is 5.41 Å². The van der Waals surface area contributed by atoms with Crippen LogP contribution in [0.15, 0.2) is 12.2 Å². The molecule has 0 saturated heterocycles. The van der Waals surface area contributed by atoms with Gasteiger partial charge in [-0.15, -0.1) is 0 Å². The predicted molar refractivity (Wildman–Crippen MR) is 88.3 cm³/mol. The summed E-state index contributed by atoms with van der Waals surface area (Å²) in [6.07, 6.45) is 7.33. The van der Waals surface area contributed by atoms with Crippen molar-refractivity contribution in [2.45, 2.75) is 77.9 Å². The third-order valence-corrected chi connectivity index (χ3v) is 8.46. The minimum Gasteiger partial charge on any atom is -0.393 e. The fourth-order valence-electron chi connectivity index (χ4n) is 7.80. The maximum absolute atomic E-state index is 11.0. The highest BCUT2D eigenvalue weighted by atomic mass is 16.3. The molecule has 0 aliphatic heterocycles. The van der Waals surface area contributed by atoms with Crippen molar-refractivity contribution in [1.29, 1.82) is 0 Å². The molecule has 2 heteroatoms. The van der Waals surface area contributed by atoms with Gasteiger partial charge in [0.2, 0.25) is 0 Å². The standard InChI is InChI=1S/C20H32O2/c1-12-13-10-14(21)16-19(4)8-5-7-18(2,3)15(19)6-9-20(16,11-13)17(12)22/h13-17,21-22H,1,5-11H2,2-4H3/t13-,14+,15-,16+,17+,19-,20-/m1/s1. The molecule has 0 aromatic rings. The molecule has 1 spiro atoms. The summed E-state index contributed by atoms with van der Waals surface area (Å²) >= 11 is 0. The lowest BCUT2D eigenvalue weighted by molar-refractivity contribution is -0.203. The Morgan fingerprint density at radius 1 is 1.09 bits per heavy atom.